The molecule has 3 N–H and O–H groups in total. The average Bonchev–Trinajstić information content (AvgIpc) is 2.74. The maximum absolute atomic E-state index is 12.6. The highest BCUT2D eigenvalue weighted by atomic mass is 16.2. The minimum atomic E-state index is -0.0346. The van der Waals surface area contributed by atoms with Crippen LogP contribution in [0.3, 0.4) is 0 Å². The molecule has 0 spiro atoms. The van der Waals surface area contributed by atoms with Crippen LogP contribution in [-0.4, -0.2) is 40.7 Å². The summed E-state index contributed by atoms with van der Waals surface area (Å²) < 4.78 is 0. The molecule has 1 aliphatic heterocycles. The van der Waals surface area contributed by atoms with E-state index in [4.69, 9.17) is 5.73 Å². The van der Waals surface area contributed by atoms with Gasteiger partial charge in [0.05, 0.1) is 0 Å². The zero-order valence-electron chi connectivity index (χ0n) is 12.5. The normalized spacial score (nSPS) is 19.2. The Hall–Kier alpha value is -1.62. The van der Waals surface area contributed by atoms with E-state index in [9.17, 15) is 9.59 Å². The largest absolute Gasteiger partial charge is 0.354 e. The van der Waals surface area contributed by atoms with Crippen LogP contribution in [0.2, 0.25) is 0 Å². The minimum Gasteiger partial charge on any atom is -0.354 e. The molecule has 1 amide bonds. The molecule has 1 saturated heterocycles. The Kier molecular flexibility index (Phi) is 4.28. The zero-order chi connectivity index (χ0) is 14.9. The number of piperidine rings is 1. The fourth-order valence-electron chi connectivity index (χ4n) is 3.04. The number of rotatable bonds is 3. The van der Waals surface area contributed by atoms with Gasteiger partial charge < -0.3 is 15.6 Å². The smallest absolute Gasteiger partial charge is 0.270 e. The Balaban J connectivity index is 2.34. The van der Waals surface area contributed by atoms with Crippen molar-refractivity contribution in [3.63, 3.8) is 0 Å². The second-order valence-electron chi connectivity index (χ2n) is 5.54. The summed E-state index contributed by atoms with van der Waals surface area (Å²) >= 11 is 0. The van der Waals surface area contributed by atoms with Gasteiger partial charge in [-0.25, -0.2) is 0 Å². The lowest BCUT2D eigenvalue weighted by atomic mass is 10.0. The lowest BCUT2D eigenvalue weighted by molar-refractivity contribution is 0.0702. The number of ketones is 1. The van der Waals surface area contributed by atoms with Crippen LogP contribution >= 0.6 is 0 Å². The van der Waals surface area contributed by atoms with Crippen molar-refractivity contribution >= 4 is 11.7 Å². The number of aryl methyl sites for hydroxylation is 1. The molecule has 0 aromatic carbocycles. The molecule has 1 fully saturated rings. The molecule has 1 atom stereocenters. The summed E-state index contributed by atoms with van der Waals surface area (Å²) in [4.78, 5) is 29.3. The van der Waals surface area contributed by atoms with Gasteiger partial charge in [0.2, 0.25) is 0 Å². The van der Waals surface area contributed by atoms with Gasteiger partial charge in [-0.15, -0.1) is 0 Å². The predicted molar refractivity (Wildman–Crippen MR) is 78.0 cm³/mol. The van der Waals surface area contributed by atoms with Crippen molar-refractivity contribution in [2.24, 2.45) is 5.73 Å². The van der Waals surface area contributed by atoms with Gasteiger partial charge in [-0.2, -0.15) is 0 Å². The number of H-pyrrole nitrogens is 1. The van der Waals surface area contributed by atoms with Gasteiger partial charge in [-0.1, -0.05) is 6.92 Å². The Labute approximate surface area is 119 Å². The van der Waals surface area contributed by atoms with Gasteiger partial charge >= 0.3 is 0 Å². The molecular weight excluding hydrogens is 254 g/mol. The summed E-state index contributed by atoms with van der Waals surface area (Å²) in [6.45, 7) is 6.68. The molecule has 1 unspecified atom stereocenters. The van der Waals surface area contributed by atoms with Crippen LogP contribution in [0.1, 0.15) is 58.8 Å². The number of nitrogens with one attached hydrogen (secondary N) is 1. The minimum absolute atomic E-state index is 0.00463. The molecule has 1 aromatic rings. The Morgan fingerprint density at radius 1 is 1.45 bits per heavy atom. The van der Waals surface area contributed by atoms with Crippen LogP contribution in [0.25, 0.3) is 0 Å². The van der Waals surface area contributed by atoms with Crippen LogP contribution < -0.4 is 5.73 Å². The van der Waals surface area contributed by atoms with Gasteiger partial charge in [0.25, 0.3) is 5.91 Å². The number of aromatic nitrogens is 1. The van der Waals surface area contributed by atoms with E-state index in [0.29, 0.717) is 24.2 Å². The molecule has 2 heterocycles. The maximum Gasteiger partial charge on any atom is 0.270 e. The van der Waals surface area contributed by atoms with E-state index in [-0.39, 0.29) is 17.7 Å². The highest BCUT2D eigenvalue weighted by molar-refractivity contribution is 6.02. The van der Waals surface area contributed by atoms with Gasteiger partial charge in [-0.05, 0) is 38.7 Å². The van der Waals surface area contributed by atoms with Crippen LogP contribution in [-0.2, 0) is 6.42 Å². The molecule has 0 radical (unpaired) electrons. The Bertz CT molecular complexity index is 533. The van der Waals surface area contributed by atoms with E-state index < -0.39 is 0 Å². The predicted octanol–water partition coefficient (Wildman–Crippen LogP) is 1.65. The molecule has 5 heteroatoms. The molecule has 1 aliphatic rings. The van der Waals surface area contributed by atoms with Crippen LogP contribution in [0.5, 0.6) is 0 Å². The van der Waals surface area contributed by atoms with Crippen molar-refractivity contribution in [3.05, 3.63) is 22.5 Å². The van der Waals surface area contributed by atoms with E-state index in [1.165, 1.54) is 0 Å². The zero-order valence-corrected chi connectivity index (χ0v) is 12.5. The lowest BCUT2D eigenvalue weighted by Gasteiger charge is -2.30. The first-order chi connectivity index (χ1) is 9.45. The standard InChI is InChI=1S/C15H23N3O2/c1-4-12-13(10(3)19)9(2)17-14(12)15(20)18-7-5-6-11(16)8-18/h11,17H,4-8,16H2,1-3H3. The van der Waals surface area contributed by atoms with Crippen molar-refractivity contribution in [1.29, 1.82) is 0 Å². The molecule has 0 aliphatic carbocycles. The van der Waals surface area contributed by atoms with Crippen LogP contribution in [0.4, 0.5) is 0 Å². The number of amides is 1. The topological polar surface area (TPSA) is 79.2 Å². The number of hydrogen-bond donors (Lipinski definition) is 2. The fourth-order valence-corrected chi connectivity index (χ4v) is 3.04. The second kappa shape index (κ2) is 5.79. The van der Waals surface area contributed by atoms with Crippen molar-refractivity contribution in [3.8, 4) is 0 Å². The van der Waals surface area contributed by atoms with Gasteiger partial charge in [0, 0.05) is 30.4 Å². The van der Waals surface area contributed by atoms with Crippen molar-refractivity contribution < 1.29 is 9.59 Å². The number of Topliss-reactive ketones (excluding diaryl/α,β-unsaturated/α-hetero) is 1. The highest BCUT2D eigenvalue weighted by Gasteiger charge is 2.27. The van der Waals surface area contributed by atoms with E-state index in [0.717, 1.165) is 30.6 Å². The third kappa shape index (κ3) is 2.63. The fraction of sp³-hybridized carbons (Fsp3) is 0.600. The highest BCUT2D eigenvalue weighted by Crippen LogP contribution is 2.22. The SMILES string of the molecule is CCc1c(C(=O)N2CCCC(N)C2)[nH]c(C)c1C(C)=O. The van der Waals surface area contributed by atoms with Crippen molar-refractivity contribution in [2.45, 2.75) is 46.1 Å². The first-order valence-electron chi connectivity index (χ1n) is 7.22. The Morgan fingerprint density at radius 3 is 2.70 bits per heavy atom. The summed E-state index contributed by atoms with van der Waals surface area (Å²) in [5.74, 6) is -0.0300. The third-order valence-corrected chi connectivity index (χ3v) is 3.96. The molecule has 0 bridgehead atoms. The van der Waals surface area contributed by atoms with E-state index in [1.807, 2.05) is 13.8 Å². The third-order valence-electron chi connectivity index (χ3n) is 3.96. The van der Waals surface area contributed by atoms with Crippen LogP contribution in [0, 0.1) is 6.92 Å². The van der Waals surface area contributed by atoms with E-state index in [1.54, 1.807) is 11.8 Å². The number of nitrogens with two attached hydrogens (primary N) is 1. The lowest BCUT2D eigenvalue weighted by Crippen LogP contribution is -2.46. The molecule has 0 saturated carbocycles. The van der Waals surface area contributed by atoms with Gasteiger partial charge in [-0.3, -0.25) is 9.59 Å². The maximum atomic E-state index is 12.6. The number of carbonyl (C=O) groups excluding carboxylic acids is 2. The number of hydrogen-bond acceptors (Lipinski definition) is 3. The van der Waals surface area contributed by atoms with Crippen LogP contribution in [0.15, 0.2) is 0 Å². The number of likely N-dealkylation sites (tertiary alicyclic amines) is 1. The summed E-state index contributed by atoms with van der Waals surface area (Å²) in [7, 11) is 0. The Morgan fingerprint density at radius 2 is 2.15 bits per heavy atom. The number of aromatic amines is 1. The summed E-state index contributed by atoms with van der Waals surface area (Å²) in [6, 6.07) is 0.0566. The van der Waals surface area contributed by atoms with Gasteiger partial charge in [0.15, 0.2) is 5.78 Å². The van der Waals surface area contributed by atoms with E-state index in [2.05, 4.69) is 4.98 Å². The summed E-state index contributed by atoms with van der Waals surface area (Å²) in [5, 5.41) is 0. The first kappa shape index (κ1) is 14.8. The van der Waals surface area contributed by atoms with Crippen molar-refractivity contribution in [2.75, 3.05) is 13.1 Å². The molecule has 1 aromatic heterocycles. The molecule has 20 heavy (non-hydrogen) atoms. The molecule has 5 nitrogen and oxygen atoms in total. The first-order valence-corrected chi connectivity index (χ1v) is 7.22. The second-order valence-corrected chi connectivity index (χ2v) is 5.54. The quantitative estimate of drug-likeness (QED) is 0.824. The average molecular weight is 277 g/mol. The number of nitrogens with zero attached hydrogens (tertiary/aromatic N) is 1. The van der Waals surface area contributed by atoms with Gasteiger partial charge in [0.1, 0.15) is 5.69 Å². The monoisotopic (exact) mass is 277 g/mol. The van der Waals surface area contributed by atoms with E-state index >= 15 is 0 Å². The molecule has 2 rings (SSSR count). The number of carbonyl (C=O) groups is 2. The molecular formula is C15H23N3O2. The van der Waals surface area contributed by atoms with Crippen molar-refractivity contribution in [1.82, 2.24) is 9.88 Å². The summed E-state index contributed by atoms with van der Waals surface area (Å²) in [6.07, 6.45) is 2.57. The summed E-state index contributed by atoms with van der Waals surface area (Å²) in [5.41, 5.74) is 8.77. The molecule has 110 valence electrons.